The quantitative estimate of drug-likeness (QED) is 0.742. The predicted octanol–water partition coefficient (Wildman–Crippen LogP) is 2.48. The number of ether oxygens (including phenoxy) is 3. The van der Waals surface area contributed by atoms with Crippen LogP contribution in [0, 0.1) is 0 Å². The Balaban J connectivity index is 1.59. The fraction of sp³-hybridized carbons (Fsp3) is 0.625. The van der Waals surface area contributed by atoms with Crippen molar-refractivity contribution < 1.29 is 14.2 Å². The molecule has 0 amide bonds. The van der Waals surface area contributed by atoms with Crippen LogP contribution in [-0.4, -0.2) is 46.2 Å². The Hall–Kier alpha value is -1.10. The molecule has 1 atom stereocenters. The van der Waals surface area contributed by atoms with Crippen molar-refractivity contribution in [3.05, 3.63) is 29.8 Å². The van der Waals surface area contributed by atoms with E-state index in [9.17, 15) is 0 Å². The highest BCUT2D eigenvalue weighted by atomic mass is 16.5. The Morgan fingerprint density at radius 3 is 2.95 bits per heavy atom. The Kier molecular flexibility index (Phi) is 6.84. The molecule has 1 aliphatic rings. The molecule has 1 aliphatic heterocycles. The van der Waals surface area contributed by atoms with Crippen molar-refractivity contribution in [2.24, 2.45) is 0 Å². The van der Waals surface area contributed by atoms with Crippen LogP contribution >= 0.6 is 0 Å². The molecule has 1 heterocycles. The molecule has 0 saturated carbocycles. The zero-order valence-corrected chi connectivity index (χ0v) is 12.3. The average Bonchev–Trinajstić information content (AvgIpc) is 2.69. The number of para-hydroxylation sites is 1. The normalized spacial score (nSPS) is 18.1. The fourth-order valence-electron chi connectivity index (χ4n) is 2.35. The minimum Gasteiger partial charge on any atom is -0.382 e. The second kappa shape index (κ2) is 8.95. The van der Waals surface area contributed by atoms with Gasteiger partial charge in [-0.1, -0.05) is 18.2 Å². The van der Waals surface area contributed by atoms with Gasteiger partial charge in [0.15, 0.2) is 0 Å². The summed E-state index contributed by atoms with van der Waals surface area (Å²) in [5.74, 6) is 0. The summed E-state index contributed by atoms with van der Waals surface area (Å²) in [6.45, 7) is 3.71. The summed E-state index contributed by atoms with van der Waals surface area (Å²) in [5, 5.41) is 3.47. The summed E-state index contributed by atoms with van der Waals surface area (Å²) in [6.07, 6.45) is 3.39. The lowest BCUT2D eigenvalue weighted by Crippen LogP contribution is -2.22. The third kappa shape index (κ3) is 5.12. The second-order valence-corrected chi connectivity index (χ2v) is 5.03. The predicted molar refractivity (Wildman–Crippen MR) is 80.3 cm³/mol. The molecule has 20 heavy (non-hydrogen) atoms. The lowest BCUT2D eigenvalue weighted by Gasteiger charge is -2.15. The first-order valence-electron chi connectivity index (χ1n) is 7.40. The first kappa shape index (κ1) is 15.3. The van der Waals surface area contributed by atoms with Crippen LogP contribution in [0.1, 0.15) is 18.4 Å². The largest absolute Gasteiger partial charge is 0.382 e. The molecule has 0 fully saturated rings. The smallest absolute Gasteiger partial charge is 0.0750 e. The topological polar surface area (TPSA) is 39.7 Å². The Bertz CT molecular complexity index is 357. The van der Waals surface area contributed by atoms with Crippen LogP contribution in [0.4, 0.5) is 5.69 Å². The minimum atomic E-state index is 0.293. The van der Waals surface area contributed by atoms with E-state index in [0.717, 1.165) is 39.0 Å². The molecule has 0 saturated heterocycles. The van der Waals surface area contributed by atoms with Gasteiger partial charge in [-0.3, -0.25) is 0 Å². The van der Waals surface area contributed by atoms with E-state index in [-0.39, 0.29) is 0 Å². The monoisotopic (exact) mass is 279 g/mol. The summed E-state index contributed by atoms with van der Waals surface area (Å²) in [6, 6.07) is 8.50. The van der Waals surface area contributed by atoms with E-state index in [1.807, 2.05) is 0 Å². The number of hydrogen-bond donors (Lipinski definition) is 1. The standard InChI is InChI=1S/C16H25NO3/c1-18-11-12-19-9-4-10-20-15-8-7-14-5-2-3-6-16(14)17-13-15/h2-3,5-6,15,17H,4,7-13H2,1H3. The first-order valence-corrected chi connectivity index (χ1v) is 7.40. The van der Waals surface area contributed by atoms with Crippen molar-refractivity contribution in [1.82, 2.24) is 0 Å². The van der Waals surface area contributed by atoms with Crippen LogP contribution in [0.15, 0.2) is 24.3 Å². The van der Waals surface area contributed by atoms with Gasteiger partial charge < -0.3 is 19.5 Å². The molecule has 1 aromatic carbocycles. The van der Waals surface area contributed by atoms with Crippen LogP contribution in [-0.2, 0) is 20.6 Å². The molecule has 1 aromatic rings. The van der Waals surface area contributed by atoms with Gasteiger partial charge in [-0.05, 0) is 30.9 Å². The maximum absolute atomic E-state index is 5.93. The van der Waals surface area contributed by atoms with E-state index >= 15 is 0 Å². The first-order chi connectivity index (χ1) is 9.90. The van der Waals surface area contributed by atoms with Crippen molar-refractivity contribution in [3.63, 3.8) is 0 Å². The number of rotatable bonds is 8. The molecule has 112 valence electrons. The number of benzene rings is 1. The molecule has 4 heteroatoms. The molecule has 0 bridgehead atoms. The molecule has 0 spiro atoms. The van der Waals surface area contributed by atoms with Gasteiger partial charge in [-0.15, -0.1) is 0 Å². The lowest BCUT2D eigenvalue weighted by molar-refractivity contribution is 0.0260. The van der Waals surface area contributed by atoms with Crippen LogP contribution in [0.2, 0.25) is 0 Å². The Morgan fingerprint density at radius 2 is 2.05 bits per heavy atom. The zero-order chi connectivity index (χ0) is 14.0. The van der Waals surface area contributed by atoms with Crippen molar-refractivity contribution in [2.45, 2.75) is 25.4 Å². The van der Waals surface area contributed by atoms with Gasteiger partial charge in [0, 0.05) is 32.6 Å². The Morgan fingerprint density at radius 1 is 1.15 bits per heavy atom. The van der Waals surface area contributed by atoms with Crippen molar-refractivity contribution in [1.29, 1.82) is 0 Å². The number of nitrogens with one attached hydrogen (secondary N) is 1. The van der Waals surface area contributed by atoms with Crippen LogP contribution in [0.25, 0.3) is 0 Å². The van der Waals surface area contributed by atoms with Crippen LogP contribution in [0.5, 0.6) is 0 Å². The highest BCUT2D eigenvalue weighted by Crippen LogP contribution is 2.21. The van der Waals surface area contributed by atoms with Crippen molar-refractivity contribution >= 4 is 5.69 Å². The zero-order valence-electron chi connectivity index (χ0n) is 12.3. The number of hydrogen-bond acceptors (Lipinski definition) is 4. The van der Waals surface area contributed by atoms with Crippen molar-refractivity contribution in [3.8, 4) is 0 Å². The van der Waals surface area contributed by atoms with Gasteiger partial charge in [-0.25, -0.2) is 0 Å². The molecule has 0 radical (unpaired) electrons. The molecular formula is C16H25NO3. The molecule has 0 aromatic heterocycles. The average molecular weight is 279 g/mol. The van der Waals surface area contributed by atoms with Crippen LogP contribution < -0.4 is 5.32 Å². The summed E-state index contributed by atoms with van der Waals surface area (Å²) in [4.78, 5) is 0. The number of anilines is 1. The molecule has 4 nitrogen and oxygen atoms in total. The van der Waals surface area contributed by atoms with E-state index in [1.54, 1.807) is 7.11 Å². The van der Waals surface area contributed by atoms with Gasteiger partial charge in [-0.2, -0.15) is 0 Å². The third-order valence-electron chi connectivity index (χ3n) is 3.49. The van der Waals surface area contributed by atoms with Gasteiger partial charge in [0.1, 0.15) is 0 Å². The summed E-state index contributed by atoms with van der Waals surface area (Å²) in [5.41, 5.74) is 2.64. The maximum atomic E-state index is 5.93. The fourth-order valence-corrected chi connectivity index (χ4v) is 2.35. The Labute approximate surface area is 121 Å². The van der Waals surface area contributed by atoms with E-state index < -0.39 is 0 Å². The highest BCUT2D eigenvalue weighted by molar-refractivity contribution is 5.51. The minimum absolute atomic E-state index is 0.293. The maximum Gasteiger partial charge on any atom is 0.0750 e. The molecule has 2 rings (SSSR count). The SMILES string of the molecule is COCCOCCCOC1CCc2ccccc2NC1. The van der Waals surface area contributed by atoms with Gasteiger partial charge >= 0.3 is 0 Å². The van der Waals surface area contributed by atoms with Gasteiger partial charge in [0.05, 0.1) is 19.3 Å². The molecule has 1 N–H and O–H groups in total. The number of aryl methyl sites for hydroxylation is 1. The number of methoxy groups -OCH3 is 1. The van der Waals surface area contributed by atoms with E-state index in [0.29, 0.717) is 19.3 Å². The molecule has 0 aliphatic carbocycles. The van der Waals surface area contributed by atoms with E-state index in [1.165, 1.54) is 11.3 Å². The van der Waals surface area contributed by atoms with Gasteiger partial charge in [0.25, 0.3) is 0 Å². The van der Waals surface area contributed by atoms with E-state index in [4.69, 9.17) is 14.2 Å². The third-order valence-corrected chi connectivity index (χ3v) is 3.49. The highest BCUT2D eigenvalue weighted by Gasteiger charge is 2.15. The van der Waals surface area contributed by atoms with Crippen LogP contribution in [0.3, 0.4) is 0 Å². The lowest BCUT2D eigenvalue weighted by atomic mass is 10.1. The van der Waals surface area contributed by atoms with E-state index in [2.05, 4.69) is 29.6 Å². The second-order valence-electron chi connectivity index (χ2n) is 5.03. The summed E-state index contributed by atoms with van der Waals surface area (Å²) >= 11 is 0. The number of fused-ring (bicyclic) bond motifs is 1. The summed E-state index contributed by atoms with van der Waals surface area (Å²) in [7, 11) is 1.68. The van der Waals surface area contributed by atoms with Gasteiger partial charge in [0.2, 0.25) is 0 Å². The molecule has 1 unspecified atom stereocenters. The van der Waals surface area contributed by atoms with Crippen molar-refractivity contribution in [2.75, 3.05) is 45.4 Å². The summed E-state index contributed by atoms with van der Waals surface area (Å²) < 4.78 is 16.3. The molecular weight excluding hydrogens is 254 g/mol.